The molecule has 0 bridgehead atoms. The van der Waals surface area contributed by atoms with E-state index in [0.717, 1.165) is 11.1 Å². The van der Waals surface area contributed by atoms with Crippen molar-refractivity contribution in [1.82, 2.24) is 31.1 Å². The first-order chi connectivity index (χ1) is 28.3. The Hall–Kier alpha value is -5.27. The van der Waals surface area contributed by atoms with Crippen molar-refractivity contribution in [2.45, 2.75) is 84.8 Å². The van der Waals surface area contributed by atoms with Gasteiger partial charge in [0.05, 0.1) is 53.2 Å². The van der Waals surface area contributed by atoms with Crippen LogP contribution >= 0.6 is 0 Å². The third-order valence-corrected chi connectivity index (χ3v) is 10.7. The number of β-lactam (4-membered cyclic amide) rings is 2. The minimum absolute atomic E-state index is 0. The molecule has 18 nitrogen and oxygen atoms in total. The second kappa shape index (κ2) is 20.1. The van der Waals surface area contributed by atoms with E-state index in [-0.39, 0.29) is 84.1 Å². The molecule has 0 spiro atoms. The molecule has 0 unspecified atom stereocenters. The Labute approximate surface area is 375 Å². The van der Waals surface area contributed by atoms with Crippen molar-refractivity contribution < 1.29 is 87.9 Å². The number of esters is 2. The SMILES string of the molecule is CNC(=O)NCc1cccc(C2=C(C(=O)OCOC(=O)C(C)(C)C)N3C(=O)[C@H]([C@@H](C)O)[C@H]3C2)c1.CNC(=O)NCc1cccc(C2=C(C(=O)[O-])N3C(=O)[C@H]([C@@H](C)O)[C@H]3C2)c1.[Na+]. The summed E-state index contributed by atoms with van der Waals surface area (Å²) in [4.78, 5) is 87.0. The van der Waals surface area contributed by atoms with Crippen LogP contribution in [-0.2, 0) is 46.5 Å². The molecule has 19 heteroatoms. The molecule has 61 heavy (non-hydrogen) atoms. The van der Waals surface area contributed by atoms with Gasteiger partial charge in [-0.05, 0) is 93.0 Å². The molecule has 2 aromatic carbocycles. The molecule has 6 amide bonds. The van der Waals surface area contributed by atoms with Gasteiger partial charge in [-0.3, -0.25) is 14.4 Å². The number of benzene rings is 2. The first kappa shape index (κ1) is 48.4. The van der Waals surface area contributed by atoms with Crippen LogP contribution in [0.2, 0.25) is 0 Å². The molecule has 2 saturated heterocycles. The van der Waals surface area contributed by atoms with Gasteiger partial charge in [-0.15, -0.1) is 0 Å². The Balaban J connectivity index is 0.000000273. The number of aliphatic hydroxyl groups is 2. The Morgan fingerprint density at radius 2 is 1.18 bits per heavy atom. The van der Waals surface area contributed by atoms with Gasteiger partial charge in [0.15, 0.2) is 0 Å². The number of nitrogens with zero attached hydrogens (tertiary/aromatic N) is 2. The van der Waals surface area contributed by atoms with E-state index < -0.39 is 60.1 Å². The summed E-state index contributed by atoms with van der Waals surface area (Å²) in [6.45, 7) is 8.10. The zero-order valence-electron chi connectivity index (χ0n) is 35.5. The van der Waals surface area contributed by atoms with Crippen LogP contribution in [0.25, 0.3) is 11.1 Å². The van der Waals surface area contributed by atoms with Gasteiger partial charge in [0, 0.05) is 27.2 Å². The number of rotatable bonds is 12. The number of urea groups is 2. The summed E-state index contributed by atoms with van der Waals surface area (Å²) in [6, 6.07) is 13.0. The molecule has 2 aromatic rings. The van der Waals surface area contributed by atoms with Crippen LogP contribution in [-0.4, -0.2) is 107 Å². The van der Waals surface area contributed by atoms with Crippen LogP contribution in [0.4, 0.5) is 9.59 Å². The average Bonchev–Trinajstić information content (AvgIpc) is 3.72. The third kappa shape index (κ3) is 10.4. The molecule has 6 atom stereocenters. The summed E-state index contributed by atoms with van der Waals surface area (Å²) in [6.07, 6.45) is -0.994. The number of carboxylic acid groups (broad SMARTS) is 1. The zero-order chi connectivity index (χ0) is 44.2. The van der Waals surface area contributed by atoms with Crippen molar-refractivity contribution in [2.75, 3.05) is 20.9 Å². The molecule has 4 heterocycles. The molecule has 0 saturated carbocycles. The van der Waals surface area contributed by atoms with Gasteiger partial charge in [0.2, 0.25) is 18.6 Å². The summed E-state index contributed by atoms with van der Waals surface area (Å²) in [5.41, 5.74) is 3.24. The topological polar surface area (TPSA) is 256 Å². The fraction of sp³-hybridized carbons (Fsp3) is 0.452. The van der Waals surface area contributed by atoms with E-state index in [1.807, 2.05) is 18.2 Å². The number of nitrogens with one attached hydrogen (secondary N) is 4. The Morgan fingerprint density at radius 3 is 1.57 bits per heavy atom. The fourth-order valence-corrected chi connectivity index (χ4v) is 7.73. The molecular formula is C42H51N6NaO12. The molecular weight excluding hydrogens is 803 g/mol. The summed E-state index contributed by atoms with van der Waals surface area (Å²) in [5, 5.41) is 41.8. The number of aliphatic hydroxyl groups excluding tert-OH is 2. The van der Waals surface area contributed by atoms with Gasteiger partial charge in [-0.1, -0.05) is 36.4 Å². The number of amides is 6. The maximum atomic E-state index is 13.0. The van der Waals surface area contributed by atoms with Crippen LogP contribution in [0.5, 0.6) is 0 Å². The number of ether oxygens (including phenoxy) is 2. The Bertz CT molecular complexity index is 2130. The molecule has 0 radical (unpaired) electrons. The van der Waals surface area contributed by atoms with Crippen LogP contribution in [0.1, 0.15) is 69.7 Å². The smallest absolute Gasteiger partial charge is 0.543 e. The van der Waals surface area contributed by atoms with Gasteiger partial charge >= 0.3 is 53.6 Å². The molecule has 6 N–H and O–H groups in total. The minimum atomic E-state index is -1.41. The van der Waals surface area contributed by atoms with E-state index in [1.165, 1.54) is 30.8 Å². The largest absolute Gasteiger partial charge is 1.00 e. The number of carbonyl (C=O) groups is 7. The Kier molecular flexibility index (Phi) is 15.9. The summed E-state index contributed by atoms with van der Waals surface area (Å²) >= 11 is 0. The first-order valence-corrected chi connectivity index (χ1v) is 19.4. The molecule has 322 valence electrons. The van der Waals surface area contributed by atoms with Crippen molar-refractivity contribution in [3.8, 4) is 0 Å². The molecule has 4 aliphatic rings. The summed E-state index contributed by atoms with van der Waals surface area (Å²) in [7, 11) is 3.03. The average molecular weight is 855 g/mol. The standard InChI is InChI=1S/C24H31N3O7.C18H21N3O5.Na/c1-13(28)18-17-10-16(15-8-6-7-14(9-15)11-26-23(32)25-5)19(27(17)20(18)29)21(30)33-12-34-22(31)24(2,3)4;1-9(22)14-13-7-12(15(17(24)25)21(13)16(14)23)11-5-3-4-10(6-11)8-20-18(26)19-2;/h6-9,13,17-18,28H,10-12H2,1-5H3,(H2,25,26,32);3-6,9,13-14,22H,7-8H2,1-2H3,(H,24,25)(H2,19,20,26);/q;;+1/p-1/t13-,17-,18-;9-,13-,14-;/m11./s1. The van der Waals surface area contributed by atoms with Gasteiger partial charge < -0.3 is 60.7 Å². The number of carboxylic acids is 1. The maximum absolute atomic E-state index is 13.0. The molecule has 6 rings (SSSR count). The minimum Gasteiger partial charge on any atom is -0.543 e. The number of aliphatic carboxylic acids is 1. The van der Waals surface area contributed by atoms with E-state index in [9.17, 15) is 48.9 Å². The number of fused-ring (bicyclic) bond motifs is 2. The Morgan fingerprint density at radius 1 is 0.754 bits per heavy atom. The van der Waals surface area contributed by atoms with Gasteiger partial charge in [0.1, 0.15) is 5.70 Å². The summed E-state index contributed by atoms with van der Waals surface area (Å²) < 4.78 is 10.2. The molecule has 2 fully saturated rings. The van der Waals surface area contributed by atoms with Crippen molar-refractivity contribution in [3.63, 3.8) is 0 Å². The van der Waals surface area contributed by atoms with Crippen molar-refractivity contribution in [3.05, 3.63) is 82.2 Å². The second-order valence-corrected chi connectivity index (χ2v) is 15.9. The van der Waals surface area contributed by atoms with Crippen LogP contribution < -0.4 is 55.9 Å². The normalized spacial score (nSPS) is 20.9. The van der Waals surface area contributed by atoms with E-state index >= 15 is 0 Å². The monoisotopic (exact) mass is 854 g/mol. The number of hydrogen-bond donors (Lipinski definition) is 6. The van der Waals surface area contributed by atoms with Crippen LogP contribution in [0.15, 0.2) is 59.9 Å². The predicted octanol–water partition coefficient (Wildman–Crippen LogP) is -2.28. The van der Waals surface area contributed by atoms with Crippen molar-refractivity contribution >= 4 is 52.9 Å². The second-order valence-electron chi connectivity index (χ2n) is 15.9. The predicted molar refractivity (Wildman–Crippen MR) is 212 cm³/mol. The van der Waals surface area contributed by atoms with Crippen molar-refractivity contribution in [2.24, 2.45) is 17.3 Å². The van der Waals surface area contributed by atoms with E-state index in [1.54, 1.807) is 58.0 Å². The number of carbonyl (C=O) groups excluding carboxylic acids is 7. The quantitative estimate of drug-likeness (QED) is 0.0572. The summed E-state index contributed by atoms with van der Waals surface area (Å²) in [5.74, 6) is -4.68. The third-order valence-electron chi connectivity index (χ3n) is 10.7. The molecule has 0 aromatic heterocycles. The fourth-order valence-electron chi connectivity index (χ4n) is 7.73. The first-order valence-electron chi connectivity index (χ1n) is 19.4. The zero-order valence-corrected chi connectivity index (χ0v) is 37.5. The van der Waals surface area contributed by atoms with E-state index in [4.69, 9.17) is 9.47 Å². The van der Waals surface area contributed by atoms with Gasteiger partial charge in [-0.25, -0.2) is 14.4 Å². The van der Waals surface area contributed by atoms with Crippen LogP contribution in [0, 0.1) is 17.3 Å². The molecule has 0 aliphatic carbocycles. The van der Waals surface area contributed by atoms with Crippen LogP contribution in [0.3, 0.4) is 0 Å². The maximum Gasteiger partial charge on any atom is 1.00 e. The number of hydrogen-bond acceptors (Lipinski definition) is 12. The van der Waals surface area contributed by atoms with Gasteiger partial charge in [-0.2, -0.15) is 0 Å². The van der Waals surface area contributed by atoms with Crippen molar-refractivity contribution in [1.29, 1.82) is 0 Å². The molecule has 4 aliphatic heterocycles. The van der Waals surface area contributed by atoms with E-state index in [2.05, 4.69) is 21.3 Å². The van der Waals surface area contributed by atoms with E-state index in [0.29, 0.717) is 35.1 Å². The van der Waals surface area contributed by atoms with Gasteiger partial charge in [0.25, 0.3) is 0 Å².